The zero-order chi connectivity index (χ0) is 13.9. The first-order chi connectivity index (χ1) is 8.99. The third-order valence-corrected chi connectivity index (χ3v) is 3.24. The van der Waals surface area contributed by atoms with Gasteiger partial charge < -0.3 is 15.2 Å². The number of hydrogen-bond donors (Lipinski definition) is 2. The largest absolute Gasteiger partial charge is 0.488 e. The van der Waals surface area contributed by atoms with Gasteiger partial charge in [-0.2, -0.15) is 0 Å². The van der Waals surface area contributed by atoms with E-state index in [1.54, 1.807) is 13.8 Å². The van der Waals surface area contributed by atoms with Crippen molar-refractivity contribution in [2.24, 2.45) is 0 Å². The van der Waals surface area contributed by atoms with E-state index < -0.39 is 5.60 Å². The van der Waals surface area contributed by atoms with Crippen molar-refractivity contribution in [2.75, 3.05) is 19.0 Å². The van der Waals surface area contributed by atoms with E-state index in [1.165, 1.54) is 24.8 Å². The lowest BCUT2D eigenvalue weighted by molar-refractivity contribution is 0.0287. The predicted molar refractivity (Wildman–Crippen MR) is 79.6 cm³/mol. The predicted octanol–water partition coefficient (Wildman–Crippen LogP) is 3.45. The fourth-order valence-electron chi connectivity index (χ4n) is 2.06. The molecule has 104 valence electrons. The maximum Gasteiger partial charge on any atom is 0.143 e. The van der Waals surface area contributed by atoms with E-state index in [2.05, 4.69) is 17.5 Å². The minimum Gasteiger partial charge on any atom is -0.488 e. The Hall–Kier alpha value is -1.48. The molecule has 0 spiro atoms. The van der Waals surface area contributed by atoms with Crippen LogP contribution in [-0.4, -0.2) is 24.4 Å². The molecule has 1 aliphatic carbocycles. The van der Waals surface area contributed by atoms with Gasteiger partial charge >= 0.3 is 0 Å². The lowest BCUT2D eigenvalue weighted by Gasteiger charge is -2.21. The highest BCUT2D eigenvalue weighted by Crippen LogP contribution is 2.34. The van der Waals surface area contributed by atoms with Gasteiger partial charge in [-0.05, 0) is 39.2 Å². The first-order valence-corrected chi connectivity index (χ1v) is 6.85. The summed E-state index contributed by atoms with van der Waals surface area (Å²) in [5.41, 5.74) is 2.82. The molecule has 2 N–H and O–H groups in total. The van der Waals surface area contributed by atoms with Crippen LogP contribution in [0.25, 0.3) is 6.08 Å². The van der Waals surface area contributed by atoms with Crippen LogP contribution in [0.3, 0.4) is 0 Å². The van der Waals surface area contributed by atoms with E-state index in [-0.39, 0.29) is 6.61 Å². The molecule has 1 fully saturated rings. The molecule has 1 saturated carbocycles. The smallest absolute Gasteiger partial charge is 0.143 e. The van der Waals surface area contributed by atoms with Gasteiger partial charge in [0.1, 0.15) is 12.4 Å². The number of nitrogens with one attached hydrogen (secondary N) is 1. The molecule has 0 bridgehead atoms. The number of benzene rings is 1. The molecule has 0 amide bonds. The monoisotopic (exact) mass is 261 g/mol. The molecule has 0 aromatic heterocycles. The fraction of sp³-hybridized carbons (Fsp3) is 0.500. The molecule has 0 unspecified atom stereocenters. The van der Waals surface area contributed by atoms with Crippen molar-refractivity contribution in [3.05, 3.63) is 29.3 Å². The van der Waals surface area contributed by atoms with Crippen LogP contribution in [0.15, 0.2) is 23.8 Å². The highest BCUT2D eigenvalue weighted by atomic mass is 16.5. The fourth-order valence-corrected chi connectivity index (χ4v) is 2.06. The van der Waals surface area contributed by atoms with E-state index in [4.69, 9.17) is 4.74 Å². The summed E-state index contributed by atoms with van der Waals surface area (Å²) >= 11 is 0. The topological polar surface area (TPSA) is 41.5 Å². The third-order valence-electron chi connectivity index (χ3n) is 3.24. The van der Waals surface area contributed by atoms with Crippen LogP contribution in [0.4, 0.5) is 5.69 Å². The molecule has 2 rings (SSSR count). The highest BCUT2D eigenvalue weighted by molar-refractivity contribution is 5.74. The molecule has 1 aromatic carbocycles. The van der Waals surface area contributed by atoms with Crippen LogP contribution in [0.1, 0.15) is 38.7 Å². The molecule has 1 aliphatic rings. The Kier molecular flexibility index (Phi) is 4.15. The molecular formula is C16H23NO2. The van der Waals surface area contributed by atoms with E-state index in [0.717, 1.165) is 17.0 Å². The summed E-state index contributed by atoms with van der Waals surface area (Å²) in [6, 6.07) is 6.01. The standard InChI is InChI=1S/C16H23NO2/c1-16(2,18)11-19-14-9-5-8-13(15(14)17-3)10-12-6-4-7-12/h5,8-10,17-18H,4,6-7,11H2,1-3H3. The molecule has 0 saturated heterocycles. The zero-order valence-corrected chi connectivity index (χ0v) is 12.0. The lowest BCUT2D eigenvalue weighted by atomic mass is 9.90. The van der Waals surface area contributed by atoms with Gasteiger partial charge in [-0.1, -0.05) is 23.8 Å². The number of allylic oxidation sites excluding steroid dienone is 1. The average molecular weight is 261 g/mol. The minimum absolute atomic E-state index is 0.279. The van der Waals surface area contributed by atoms with E-state index in [0.29, 0.717) is 0 Å². The normalized spacial score (nSPS) is 14.8. The van der Waals surface area contributed by atoms with Crippen molar-refractivity contribution >= 4 is 11.8 Å². The summed E-state index contributed by atoms with van der Waals surface area (Å²) < 4.78 is 5.72. The van der Waals surface area contributed by atoms with Gasteiger partial charge in [-0.3, -0.25) is 0 Å². The first kappa shape index (κ1) is 13.9. The van der Waals surface area contributed by atoms with E-state index in [9.17, 15) is 5.11 Å². The summed E-state index contributed by atoms with van der Waals surface area (Å²) in [7, 11) is 1.90. The average Bonchev–Trinajstić information content (AvgIpc) is 2.30. The number of anilines is 1. The highest BCUT2D eigenvalue weighted by Gasteiger charge is 2.16. The van der Waals surface area contributed by atoms with Crippen molar-refractivity contribution in [3.63, 3.8) is 0 Å². The molecular weight excluding hydrogens is 238 g/mol. The molecule has 3 nitrogen and oxygen atoms in total. The Morgan fingerprint density at radius 1 is 1.37 bits per heavy atom. The maximum atomic E-state index is 9.75. The van der Waals surface area contributed by atoms with E-state index in [1.807, 2.05) is 19.2 Å². The second kappa shape index (κ2) is 5.66. The maximum absolute atomic E-state index is 9.75. The molecule has 0 atom stereocenters. The van der Waals surface area contributed by atoms with Crippen molar-refractivity contribution in [2.45, 2.75) is 38.7 Å². The van der Waals surface area contributed by atoms with Crippen LogP contribution in [0.5, 0.6) is 5.75 Å². The molecule has 1 aromatic rings. The molecule has 19 heavy (non-hydrogen) atoms. The van der Waals surface area contributed by atoms with Crippen molar-refractivity contribution in [1.29, 1.82) is 0 Å². The quantitative estimate of drug-likeness (QED) is 0.853. The summed E-state index contributed by atoms with van der Waals surface area (Å²) in [6.07, 6.45) is 5.96. The van der Waals surface area contributed by atoms with Gasteiger partial charge in [0.2, 0.25) is 0 Å². The summed E-state index contributed by atoms with van der Waals surface area (Å²) in [5, 5.41) is 12.9. The number of ether oxygens (including phenoxy) is 1. The van der Waals surface area contributed by atoms with Gasteiger partial charge in [0, 0.05) is 12.6 Å². The van der Waals surface area contributed by atoms with E-state index >= 15 is 0 Å². The van der Waals surface area contributed by atoms with Crippen LogP contribution in [-0.2, 0) is 0 Å². The van der Waals surface area contributed by atoms with Gasteiger partial charge in [0.15, 0.2) is 0 Å². The molecule has 3 heteroatoms. The van der Waals surface area contributed by atoms with Crippen molar-refractivity contribution in [1.82, 2.24) is 0 Å². The molecule has 0 heterocycles. The minimum atomic E-state index is -0.826. The van der Waals surface area contributed by atoms with Crippen molar-refractivity contribution in [3.8, 4) is 5.75 Å². The Morgan fingerprint density at radius 3 is 2.63 bits per heavy atom. The van der Waals surface area contributed by atoms with Crippen LogP contribution in [0, 0.1) is 0 Å². The van der Waals surface area contributed by atoms with Gasteiger partial charge in [-0.15, -0.1) is 0 Å². The Bertz CT molecular complexity index is 466. The second-order valence-corrected chi connectivity index (χ2v) is 5.73. The summed E-state index contributed by atoms with van der Waals surface area (Å²) in [6.45, 7) is 3.76. The van der Waals surface area contributed by atoms with Crippen LogP contribution >= 0.6 is 0 Å². The Morgan fingerprint density at radius 2 is 2.11 bits per heavy atom. The molecule has 0 radical (unpaired) electrons. The Balaban J connectivity index is 2.21. The number of hydrogen-bond acceptors (Lipinski definition) is 3. The number of para-hydroxylation sites is 1. The number of aliphatic hydroxyl groups is 1. The lowest BCUT2D eigenvalue weighted by Crippen LogP contribution is -2.28. The summed E-state index contributed by atoms with van der Waals surface area (Å²) in [5.74, 6) is 0.790. The molecule has 0 aliphatic heterocycles. The Labute approximate surface area is 115 Å². The van der Waals surface area contributed by atoms with Gasteiger partial charge in [-0.25, -0.2) is 0 Å². The van der Waals surface area contributed by atoms with Crippen LogP contribution in [0.2, 0.25) is 0 Å². The SMILES string of the molecule is CNc1c(C=C2CCC2)cccc1OCC(C)(C)O. The first-order valence-electron chi connectivity index (χ1n) is 6.85. The second-order valence-electron chi connectivity index (χ2n) is 5.73. The third kappa shape index (κ3) is 3.74. The summed E-state index contributed by atoms with van der Waals surface area (Å²) in [4.78, 5) is 0. The zero-order valence-electron chi connectivity index (χ0n) is 12.0. The van der Waals surface area contributed by atoms with Gasteiger partial charge in [0.05, 0.1) is 11.3 Å². The van der Waals surface area contributed by atoms with Crippen molar-refractivity contribution < 1.29 is 9.84 Å². The van der Waals surface area contributed by atoms with Gasteiger partial charge in [0.25, 0.3) is 0 Å². The van der Waals surface area contributed by atoms with Crippen LogP contribution < -0.4 is 10.1 Å². The number of rotatable bonds is 5.